The van der Waals surface area contributed by atoms with Crippen molar-refractivity contribution in [1.29, 1.82) is 0 Å². The van der Waals surface area contributed by atoms with Gasteiger partial charge in [0.25, 0.3) is 0 Å². The van der Waals surface area contributed by atoms with Gasteiger partial charge in [-0.3, -0.25) is 0 Å². The van der Waals surface area contributed by atoms with Crippen LogP contribution < -0.4 is 4.90 Å². The van der Waals surface area contributed by atoms with Crippen LogP contribution in [0.2, 0.25) is 0 Å². The first kappa shape index (κ1) is 11.3. The third-order valence-corrected chi connectivity index (χ3v) is 3.81. The van der Waals surface area contributed by atoms with Crippen LogP contribution in [0.5, 0.6) is 0 Å². The molecule has 0 spiro atoms. The van der Waals surface area contributed by atoms with Crippen molar-refractivity contribution in [2.24, 2.45) is 0 Å². The lowest BCUT2D eigenvalue weighted by molar-refractivity contribution is 0.730. The number of aryl methyl sites for hydroxylation is 1. The zero-order valence-corrected chi connectivity index (χ0v) is 10.9. The molecule has 18 heavy (non-hydrogen) atoms. The highest BCUT2D eigenvalue weighted by atomic mass is 15.1. The highest BCUT2D eigenvalue weighted by Gasteiger charge is 2.16. The first-order valence-corrected chi connectivity index (χ1v) is 6.77. The maximum absolute atomic E-state index is 2.47. The molecule has 0 aliphatic carbocycles. The van der Waals surface area contributed by atoms with Gasteiger partial charge in [-0.25, -0.2) is 0 Å². The van der Waals surface area contributed by atoms with E-state index in [1.54, 1.807) is 0 Å². The number of hydrogen-bond acceptors (Lipinski definition) is 1. The lowest BCUT2D eigenvalue weighted by atomic mass is 9.96. The summed E-state index contributed by atoms with van der Waals surface area (Å²) in [4.78, 5) is 2.47. The number of nitrogens with zero attached hydrogens (tertiary/aromatic N) is 1. The fourth-order valence-corrected chi connectivity index (χ4v) is 2.69. The zero-order chi connectivity index (χ0) is 12.4. The van der Waals surface area contributed by atoms with Crippen molar-refractivity contribution in [2.75, 3.05) is 11.4 Å². The number of fused-ring (bicyclic) bond motifs is 1. The van der Waals surface area contributed by atoms with Crippen molar-refractivity contribution < 1.29 is 0 Å². The maximum Gasteiger partial charge on any atom is 0.0432 e. The molecule has 0 radical (unpaired) electrons. The lowest BCUT2D eigenvalue weighted by Crippen LogP contribution is -2.30. The van der Waals surface area contributed by atoms with E-state index in [0.717, 1.165) is 25.9 Å². The van der Waals surface area contributed by atoms with Crippen LogP contribution in [0.15, 0.2) is 48.5 Å². The van der Waals surface area contributed by atoms with E-state index >= 15 is 0 Å². The minimum atomic E-state index is 1.05. The van der Waals surface area contributed by atoms with Gasteiger partial charge in [-0.15, -0.1) is 0 Å². The Morgan fingerprint density at radius 3 is 2.61 bits per heavy atom. The molecule has 0 N–H and O–H groups in total. The Balaban J connectivity index is 1.88. The molecule has 0 amide bonds. The molecule has 0 fully saturated rings. The Bertz CT molecular complexity index is 531. The number of rotatable bonds is 2. The smallest absolute Gasteiger partial charge is 0.0432 e. The third kappa shape index (κ3) is 2.13. The summed E-state index contributed by atoms with van der Waals surface area (Å²) in [6.07, 6.45) is 2.28. The summed E-state index contributed by atoms with van der Waals surface area (Å²) in [5, 5.41) is 0. The second kappa shape index (κ2) is 4.85. The summed E-state index contributed by atoms with van der Waals surface area (Å²) < 4.78 is 0. The molecule has 2 aromatic carbocycles. The minimum absolute atomic E-state index is 1.05. The van der Waals surface area contributed by atoms with Gasteiger partial charge in [0.05, 0.1) is 0 Å². The topological polar surface area (TPSA) is 3.24 Å². The van der Waals surface area contributed by atoms with Crippen LogP contribution >= 0.6 is 0 Å². The van der Waals surface area contributed by atoms with Crippen molar-refractivity contribution in [3.8, 4) is 0 Å². The maximum atomic E-state index is 2.47. The first-order chi connectivity index (χ1) is 8.86. The third-order valence-electron chi connectivity index (χ3n) is 3.81. The first-order valence-electron chi connectivity index (χ1n) is 6.77. The number of benzene rings is 2. The Morgan fingerprint density at radius 1 is 1.00 bits per heavy atom. The molecule has 1 heteroatoms. The SMILES string of the molecule is CCc1ccc2c(c1)CN(c1ccccc1)CC2. The normalized spacial score (nSPS) is 14.4. The predicted octanol–water partition coefficient (Wildman–Crippen LogP) is 3.81. The van der Waals surface area contributed by atoms with E-state index in [-0.39, 0.29) is 0 Å². The van der Waals surface area contributed by atoms with E-state index in [0.29, 0.717) is 0 Å². The van der Waals surface area contributed by atoms with Gasteiger partial charge in [0.2, 0.25) is 0 Å². The summed E-state index contributed by atoms with van der Waals surface area (Å²) in [6.45, 7) is 4.40. The van der Waals surface area contributed by atoms with Crippen LogP contribution in [0.25, 0.3) is 0 Å². The van der Waals surface area contributed by atoms with Gasteiger partial charge in [-0.2, -0.15) is 0 Å². The van der Waals surface area contributed by atoms with Gasteiger partial charge in [-0.1, -0.05) is 43.3 Å². The molecular weight excluding hydrogens is 218 g/mol. The largest absolute Gasteiger partial charge is 0.367 e. The molecule has 1 nitrogen and oxygen atoms in total. The van der Waals surface area contributed by atoms with E-state index in [4.69, 9.17) is 0 Å². The van der Waals surface area contributed by atoms with Gasteiger partial charge in [0.1, 0.15) is 0 Å². The van der Waals surface area contributed by atoms with Gasteiger partial charge in [-0.05, 0) is 41.7 Å². The van der Waals surface area contributed by atoms with Crippen LogP contribution in [0.1, 0.15) is 23.6 Å². The van der Waals surface area contributed by atoms with Crippen LogP contribution in [-0.4, -0.2) is 6.54 Å². The van der Waals surface area contributed by atoms with Crippen LogP contribution in [0.3, 0.4) is 0 Å². The van der Waals surface area contributed by atoms with Crippen molar-refractivity contribution in [1.82, 2.24) is 0 Å². The molecule has 0 saturated heterocycles. The van der Waals surface area contributed by atoms with Gasteiger partial charge >= 0.3 is 0 Å². The van der Waals surface area contributed by atoms with E-state index in [9.17, 15) is 0 Å². The Kier molecular flexibility index (Phi) is 3.06. The lowest BCUT2D eigenvalue weighted by Gasteiger charge is -2.31. The van der Waals surface area contributed by atoms with E-state index in [2.05, 4.69) is 60.4 Å². The highest BCUT2D eigenvalue weighted by molar-refractivity contribution is 5.49. The van der Waals surface area contributed by atoms with E-state index in [1.807, 2.05) is 0 Å². The van der Waals surface area contributed by atoms with Crippen molar-refractivity contribution in [3.63, 3.8) is 0 Å². The summed E-state index contributed by atoms with van der Waals surface area (Å²) in [5.41, 5.74) is 5.82. The van der Waals surface area contributed by atoms with Crippen molar-refractivity contribution in [2.45, 2.75) is 26.3 Å². The molecule has 1 aliphatic heterocycles. The van der Waals surface area contributed by atoms with Gasteiger partial charge < -0.3 is 4.90 Å². The van der Waals surface area contributed by atoms with Gasteiger partial charge in [0, 0.05) is 18.8 Å². The fraction of sp³-hybridized carbons (Fsp3) is 0.294. The number of hydrogen-bond donors (Lipinski definition) is 0. The fourth-order valence-electron chi connectivity index (χ4n) is 2.69. The van der Waals surface area contributed by atoms with Crippen LogP contribution in [-0.2, 0) is 19.4 Å². The molecular formula is C17H19N. The summed E-state index contributed by atoms with van der Waals surface area (Å²) >= 11 is 0. The molecule has 0 bridgehead atoms. The molecule has 0 saturated carbocycles. The molecule has 1 heterocycles. The van der Waals surface area contributed by atoms with Crippen LogP contribution in [0, 0.1) is 0 Å². The van der Waals surface area contributed by atoms with Crippen molar-refractivity contribution in [3.05, 3.63) is 65.2 Å². The van der Waals surface area contributed by atoms with Crippen LogP contribution in [0.4, 0.5) is 5.69 Å². The standard InChI is InChI=1S/C17H19N/c1-2-14-8-9-15-10-11-18(13-16(15)12-14)17-6-4-3-5-7-17/h3-9,12H,2,10-11,13H2,1H3. The predicted molar refractivity (Wildman–Crippen MR) is 77.0 cm³/mol. The summed E-state index contributed by atoms with van der Waals surface area (Å²) in [5.74, 6) is 0. The molecule has 0 aromatic heterocycles. The Labute approximate surface area is 109 Å². The van der Waals surface area contributed by atoms with E-state index < -0.39 is 0 Å². The summed E-state index contributed by atoms with van der Waals surface area (Å²) in [7, 11) is 0. The van der Waals surface area contributed by atoms with Gasteiger partial charge in [0.15, 0.2) is 0 Å². The summed E-state index contributed by atoms with van der Waals surface area (Å²) in [6, 6.07) is 17.7. The highest BCUT2D eigenvalue weighted by Crippen LogP contribution is 2.25. The molecule has 0 unspecified atom stereocenters. The molecule has 3 rings (SSSR count). The number of para-hydroxylation sites is 1. The Hall–Kier alpha value is -1.76. The molecule has 2 aromatic rings. The zero-order valence-electron chi connectivity index (χ0n) is 10.9. The minimum Gasteiger partial charge on any atom is -0.367 e. The monoisotopic (exact) mass is 237 g/mol. The Morgan fingerprint density at radius 2 is 1.83 bits per heavy atom. The average Bonchev–Trinajstić information content (AvgIpc) is 2.47. The second-order valence-corrected chi connectivity index (χ2v) is 4.96. The van der Waals surface area contributed by atoms with E-state index in [1.165, 1.54) is 22.4 Å². The molecule has 92 valence electrons. The molecule has 1 aliphatic rings. The quantitative estimate of drug-likeness (QED) is 0.767. The van der Waals surface area contributed by atoms with Crippen molar-refractivity contribution >= 4 is 5.69 Å². The molecule has 0 atom stereocenters. The number of anilines is 1. The average molecular weight is 237 g/mol. The second-order valence-electron chi connectivity index (χ2n) is 4.96.